The van der Waals surface area contributed by atoms with E-state index in [1.165, 1.54) is 6.92 Å². The summed E-state index contributed by atoms with van der Waals surface area (Å²) in [6.45, 7) is 1.38. The van der Waals surface area contributed by atoms with Crippen LogP contribution in [0, 0.1) is 6.08 Å². The van der Waals surface area contributed by atoms with Crippen molar-refractivity contribution in [2.75, 3.05) is 0 Å². The van der Waals surface area contributed by atoms with E-state index in [2.05, 4.69) is 6.08 Å². The molecular weight excluding hydrogens is 172 g/mol. The number of hydrogen-bond acceptors (Lipinski definition) is 2. The molecule has 0 aliphatic heterocycles. The molecule has 0 spiro atoms. The van der Waals surface area contributed by atoms with Gasteiger partial charge in [0.15, 0.2) is 0 Å². The van der Waals surface area contributed by atoms with Gasteiger partial charge in [-0.1, -0.05) is 0 Å². The Hall–Kier alpha value is -0.531. The molecule has 1 aliphatic carbocycles. The van der Waals surface area contributed by atoms with Crippen LogP contribution in [-0.4, -0.2) is 12.1 Å². The number of carbonyl (C=O) groups is 1. The standard InChI is InChI=1S/C7H7O2.Fe/c1-6(8)9-7-4-2-3-5-7;/h2-4,7H,1H3;/q-1;. The number of allylic oxidation sites excluding steroid dienone is 2. The summed E-state index contributed by atoms with van der Waals surface area (Å²) in [6, 6.07) is 0. The minimum absolute atomic E-state index is 0. The molecular formula is C7H7FeO2-. The molecule has 2 nitrogen and oxygen atoms in total. The molecule has 0 aromatic carbocycles. The van der Waals surface area contributed by atoms with E-state index in [0.717, 1.165) is 0 Å². The summed E-state index contributed by atoms with van der Waals surface area (Å²) in [5.41, 5.74) is 0. The molecule has 56 valence electrons. The molecule has 0 saturated carbocycles. The van der Waals surface area contributed by atoms with E-state index in [4.69, 9.17) is 4.74 Å². The molecule has 1 atom stereocenters. The van der Waals surface area contributed by atoms with Gasteiger partial charge in [0, 0.05) is 24.0 Å². The molecule has 0 N–H and O–H groups in total. The largest absolute Gasteiger partial charge is 0.475 e. The third kappa shape index (κ3) is 2.85. The fourth-order valence-corrected chi connectivity index (χ4v) is 0.615. The summed E-state index contributed by atoms with van der Waals surface area (Å²) < 4.78 is 4.74. The van der Waals surface area contributed by atoms with Gasteiger partial charge < -0.3 is 4.74 Å². The molecule has 0 radical (unpaired) electrons. The van der Waals surface area contributed by atoms with Gasteiger partial charge in [-0.25, -0.2) is 18.2 Å². The second-order valence-electron chi connectivity index (χ2n) is 1.75. The molecule has 3 heteroatoms. The molecule has 0 heterocycles. The molecule has 0 aromatic rings. The van der Waals surface area contributed by atoms with Crippen LogP contribution < -0.4 is 0 Å². The molecule has 1 aliphatic rings. The average Bonchev–Trinajstić information content (AvgIpc) is 2.15. The van der Waals surface area contributed by atoms with Gasteiger partial charge in [0.1, 0.15) is 0 Å². The maximum Gasteiger partial charge on any atom is 0.301 e. The summed E-state index contributed by atoms with van der Waals surface area (Å²) in [6.07, 6.45) is 7.86. The zero-order valence-corrected chi connectivity index (χ0v) is 6.58. The molecule has 0 aromatic heterocycles. The molecule has 0 amide bonds. The Morgan fingerprint density at radius 3 is 2.80 bits per heavy atom. The predicted molar refractivity (Wildman–Crippen MR) is 32.5 cm³/mol. The maximum atomic E-state index is 10.3. The Balaban J connectivity index is 0.000000810. The van der Waals surface area contributed by atoms with Crippen molar-refractivity contribution in [3.8, 4) is 0 Å². The third-order valence-electron chi connectivity index (χ3n) is 0.936. The van der Waals surface area contributed by atoms with E-state index in [1.807, 2.05) is 0 Å². The first-order valence-corrected chi connectivity index (χ1v) is 2.72. The van der Waals surface area contributed by atoms with Crippen molar-refractivity contribution in [3.05, 3.63) is 24.3 Å². The van der Waals surface area contributed by atoms with Crippen LogP contribution >= 0.6 is 0 Å². The van der Waals surface area contributed by atoms with Crippen molar-refractivity contribution in [2.45, 2.75) is 13.0 Å². The van der Waals surface area contributed by atoms with Crippen LogP contribution in [0.5, 0.6) is 0 Å². The van der Waals surface area contributed by atoms with Crippen LogP contribution in [0.4, 0.5) is 0 Å². The van der Waals surface area contributed by atoms with Crippen LogP contribution in [0.2, 0.25) is 0 Å². The Bertz CT molecular complexity index is 160. The number of ether oxygens (including phenoxy) is 1. The van der Waals surface area contributed by atoms with Gasteiger partial charge in [0.25, 0.3) is 0 Å². The van der Waals surface area contributed by atoms with E-state index in [9.17, 15) is 4.79 Å². The second-order valence-corrected chi connectivity index (χ2v) is 1.75. The number of esters is 1. The number of carbonyl (C=O) groups excluding carboxylic acids is 1. The Kier molecular flexibility index (Phi) is 4.08. The number of hydrogen-bond donors (Lipinski definition) is 0. The minimum Gasteiger partial charge on any atom is -0.475 e. The van der Waals surface area contributed by atoms with Gasteiger partial charge in [-0.05, 0) is 0 Å². The predicted octanol–water partition coefficient (Wildman–Crippen LogP) is 0.845. The van der Waals surface area contributed by atoms with E-state index < -0.39 is 0 Å². The van der Waals surface area contributed by atoms with Crippen molar-refractivity contribution in [3.63, 3.8) is 0 Å². The van der Waals surface area contributed by atoms with Gasteiger partial charge in [-0.3, -0.25) is 4.79 Å². The fraction of sp³-hybridized carbons (Fsp3) is 0.286. The SMILES string of the molecule is CC(=O)OC1[C-]=CC=C1.[Fe]. The minimum atomic E-state index is -0.271. The Morgan fingerprint density at radius 2 is 2.40 bits per heavy atom. The third-order valence-corrected chi connectivity index (χ3v) is 0.936. The molecule has 10 heavy (non-hydrogen) atoms. The van der Waals surface area contributed by atoms with Crippen LogP contribution in [0.1, 0.15) is 6.92 Å². The summed E-state index contributed by atoms with van der Waals surface area (Å²) in [7, 11) is 0. The molecule has 1 unspecified atom stereocenters. The van der Waals surface area contributed by atoms with E-state index in [0.29, 0.717) is 0 Å². The summed E-state index contributed by atoms with van der Waals surface area (Å²) in [4.78, 5) is 10.3. The summed E-state index contributed by atoms with van der Waals surface area (Å²) >= 11 is 0. The fourth-order valence-electron chi connectivity index (χ4n) is 0.615. The quantitative estimate of drug-likeness (QED) is 0.338. The first-order chi connectivity index (χ1) is 4.29. The van der Waals surface area contributed by atoms with Crippen molar-refractivity contribution >= 4 is 5.97 Å². The van der Waals surface area contributed by atoms with Gasteiger partial charge in [0.05, 0.1) is 6.10 Å². The van der Waals surface area contributed by atoms with Gasteiger partial charge in [-0.2, -0.15) is 0 Å². The van der Waals surface area contributed by atoms with Crippen LogP contribution in [0.3, 0.4) is 0 Å². The van der Waals surface area contributed by atoms with E-state index >= 15 is 0 Å². The second kappa shape index (κ2) is 4.31. The first kappa shape index (κ1) is 9.47. The Labute approximate surface area is 70.4 Å². The first-order valence-electron chi connectivity index (χ1n) is 2.72. The zero-order valence-electron chi connectivity index (χ0n) is 5.48. The topological polar surface area (TPSA) is 26.3 Å². The van der Waals surface area contributed by atoms with Crippen molar-refractivity contribution in [1.82, 2.24) is 0 Å². The van der Waals surface area contributed by atoms with Crippen LogP contribution in [0.15, 0.2) is 18.2 Å². The van der Waals surface area contributed by atoms with Gasteiger partial charge in [0.2, 0.25) is 0 Å². The van der Waals surface area contributed by atoms with Gasteiger partial charge >= 0.3 is 5.97 Å². The molecule has 0 bridgehead atoms. The van der Waals surface area contributed by atoms with Gasteiger partial charge in [-0.15, -0.1) is 6.08 Å². The van der Waals surface area contributed by atoms with Crippen molar-refractivity contribution in [2.24, 2.45) is 0 Å². The average molecular weight is 179 g/mol. The van der Waals surface area contributed by atoms with E-state index in [1.54, 1.807) is 18.2 Å². The normalized spacial score (nSPS) is 20.3. The number of rotatable bonds is 1. The van der Waals surface area contributed by atoms with E-state index in [-0.39, 0.29) is 29.1 Å². The molecule has 0 fully saturated rings. The molecule has 1 rings (SSSR count). The summed E-state index contributed by atoms with van der Waals surface area (Å²) in [5, 5.41) is 0. The van der Waals surface area contributed by atoms with Crippen LogP contribution in [0.25, 0.3) is 0 Å². The zero-order chi connectivity index (χ0) is 6.69. The molecule has 0 saturated heterocycles. The maximum absolute atomic E-state index is 10.3. The van der Waals surface area contributed by atoms with Crippen LogP contribution in [-0.2, 0) is 26.6 Å². The Morgan fingerprint density at radius 1 is 1.70 bits per heavy atom. The smallest absolute Gasteiger partial charge is 0.301 e. The van der Waals surface area contributed by atoms with Crippen molar-refractivity contribution in [1.29, 1.82) is 0 Å². The van der Waals surface area contributed by atoms with Crippen molar-refractivity contribution < 1.29 is 26.6 Å². The monoisotopic (exact) mass is 179 g/mol. The summed E-state index contributed by atoms with van der Waals surface area (Å²) in [5.74, 6) is -0.271.